The van der Waals surface area contributed by atoms with Gasteiger partial charge in [-0.05, 0) is 37.1 Å². The van der Waals surface area contributed by atoms with E-state index in [1.54, 1.807) is 13.0 Å². The van der Waals surface area contributed by atoms with E-state index in [0.29, 0.717) is 17.7 Å². The van der Waals surface area contributed by atoms with E-state index in [0.717, 1.165) is 4.68 Å². The van der Waals surface area contributed by atoms with E-state index in [4.69, 9.17) is 18.9 Å². The zero-order valence-corrected chi connectivity index (χ0v) is 23.4. The minimum atomic E-state index is -4.66. The lowest BCUT2D eigenvalue weighted by molar-refractivity contribution is -0.155. The Labute approximate surface area is 243 Å². The van der Waals surface area contributed by atoms with E-state index in [9.17, 15) is 27.9 Å². The lowest BCUT2D eigenvalue weighted by Gasteiger charge is -2.13. The van der Waals surface area contributed by atoms with Crippen LogP contribution in [0, 0.1) is 0 Å². The lowest BCUT2D eigenvalue weighted by atomic mass is 10.0. The van der Waals surface area contributed by atoms with Gasteiger partial charge in [0.05, 0.1) is 35.2 Å². The van der Waals surface area contributed by atoms with E-state index < -0.39 is 35.5 Å². The van der Waals surface area contributed by atoms with Gasteiger partial charge in [-0.15, -0.1) is 0 Å². The Bertz CT molecular complexity index is 1660. The number of halogens is 3. The first-order valence-corrected chi connectivity index (χ1v) is 13.3. The summed E-state index contributed by atoms with van der Waals surface area (Å²) in [5, 5.41) is 13.5. The van der Waals surface area contributed by atoms with Crippen molar-refractivity contribution >= 4 is 17.6 Å². The summed E-state index contributed by atoms with van der Waals surface area (Å²) < 4.78 is 64.7. The number of carbonyl (C=O) groups excluding carboxylic acids is 2. The van der Waals surface area contributed by atoms with Gasteiger partial charge in [0, 0.05) is 32.1 Å². The van der Waals surface area contributed by atoms with Crippen molar-refractivity contribution < 1.29 is 46.8 Å². The summed E-state index contributed by atoms with van der Waals surface area (Å²) in [5.41, 5.74) is -1.07. The number of aromatic nitrogens is 5. The number of aryl methyl sites for hydroxylation is 2. The molecule has 0 unspecified atom stereocenters. The summed E-state index contributed by atoms with van der Waals surface area (Å²) in [5.74, 6) is -0.913. The van der Waals surface area contributed by atoms with E-state index in [2.05, 4.69) is 15.1 Å². The van der Waals surface area contributed by atoms with Crippen molar-refractivity contribution in [2.75, 3.05) is 19.8 Å². The molecule has 0 aliphatic carbocycles. The predicted molar refractivity (Wildman–Crippen MR) is 142 cm³/mol. The second-order valence-electron chi connectivity index (χ2n) is 10.2. The SMILES string of the molecule is CCc1cc(Oc2nccn3c(-c4cn(C)nc4C(F)(F)F)cnc23)ccc1C(=O)OCCOC(=O)[C@@H]1C[C@](C)(O)CO1. The molecule has 1 N–H and O–H groups in total. The molecule has 2 atom stereocenters. The smallest absolute Gasteiger partial charge is 0.435 e. The van der Waals surface area contributed by atoms with Crippen molar-refractivity contribution in [3.05, 3.63) is 59.8 Å². The van der Waals surface area contributed by atoms with Crippen LogP contribution in [0.3, 0.4) is 0 Å². The standard InChI is InChI=1S/C28H28F3N5O7/c1-4-16-11-17(5-6-18(16)25(37)40-9-10-41-26(38)21-12-27(2,39)15-42-21)43-24-23-33-13-20(36(23)8-7-32-24)19-14-35(3)34-22(19)28(29,30)31/h5-8,11,13-14,21,39H,4,9-10,12,15H2,1-3H3/t21-,27-/m0/s1. The number of benzene rings is 1. The highest BCUT2D eigenvalue weighted by Gasteiger charge is 2.39. The Morgan fingerprint density at radius 1 is 1.21 bits per heavy atom. The predicted octanol–water partition coefficient (Wildman–Crippen LogP) is 3.74. The summed E-state index contributed by atoms with van der Waals surface area (Å²) in [6.45, 7) is 3.06. The number of carbonyl (C=O) groups is 2. The molecule has 0 spiro atoms. The van der Waals surface area contributed by atoms with Crippen molar-refractivity contribution in [3.8, 4) is 22.9 Å². The molecule has 12 nitrogen and oxygen atoms in total. The largest absolute Gasteiger partial charge is 0.460 e. The molecule has 1 aliphatic rings. The third-order valence-electron chi connectivity index (χ3n) is 6.71. The number of alkyl halides is 3. The van der Waals surface area contributed by atoms with Crippen LogP contribution in [0.4, 0.5) is 13.2 Å². The van der Waals surface area contributed by atoms with Crippen molar-refractivity contribution in [1.29, 1.82) is 0 Å². The van der Waals surface area contributed by atoms with Gasteiger partial charge in [-0.25, -0.2) is 19.6 Å². The number of rotatable bonds is 9. The zero-order chi connectivity index (χ0) is 30.9. The molecule has 3 aromatic heterocycles. The minimum absolute atomic E-state index is 0.0315. The highest BCUT2D eigenvalue weighted by molar-refractivity contribution is 5.91. The van der Waals surface area contributed by atoms with Gasteiger partial charge in [-0.3, -0.25) is 9.08 Å². The number of ether oxygens (including phenoxy) is 4. The molecule has 0 bridgehead atoms. The number of aliphatic hydroxyl groups is 1. The van der Waals surface area contributed by atoms with Crippen LogP contribution in [0.25, 0.3) is 16.9 Å². The number of nitrogens with zero attached hydrogens (tertiary/aromatic N) is 5. The van der Waals surface area contributed by atoms with Gasteiger partial charge in [0.25, 0.3) is 5.88 Å². The number of hydrogen-bond donors (Lipinski definition) is 1. The molecule has 1 fully saturated rings. The maximum atomic E-state index is 13.6. The molecule has 1 aliphatic heterocycles. The van der Waals surface area contributed by atoms with E-state index >= 15 is 0 Å². The Morgan fingerprint density at radius 3 is 2.67 bits per heavy atom. The second kappa shape index (κ2) is 11.6. The molecular weight excluding hydrogens is 575 g/mol. The fraction of sp³-hybridized carbons (Fsp3) is 0.393. The minimum Gasteiger partial charge on any atom is -0.460 e. The molecule has 4 heterocycles. The Kier molecular flexibility index (Phi) is 8.12. The molecule has 5 rings (SSSR count). The van der Waals surface area contributed by atoms with Gasteiger partial charge < -0.3 is 24.1 Å². The van der Waals surface area contributed by atoms with Crippen LogP contribution >= 0.6 is 0 Å². The van der Waals surface area contributed by atoms with Crippen molar-refractivity contribution in [2.45, 2.75) is 44.6 Å². The fourth-order valence-electron chi connectivity index (χ4n) is 4.68. The molecule has 0 amide bonds. The highest BCUT2D eigenvalue weighted by Crippen LogP contribution is 2.37. The zero-order valence-electron chi connectivity index (χ0n) is 23.4. The van der Waals surface area contributed by atoms with E-state index in [1.807, 2.05) is 6.92 Å². The van der Waals surface area contributed by atoms with Gasteiger partial charge in [0.15, 0.2) is 11.8 Å². The van der Waals surface area contributed by atoms with Crippen LogP contribution in [0.15, 0.2) is 43.0 Å². The molecule has 1 saturated heterocycles. The third-order valence-corrected chi connectivity index (χ3v) is 6.71. The van der Waals surface area contributed by atoms with Crippen LogP contribution < -0.4 is 4.74 Å². The Morgan fingerprint density at radius 2 is 1.98 bits per heavy atom. The average molecular weight is 604 g/mol. The first-order chi connectivity index (χ1) is 20.4. The molecule has 1 aromatic carbocycles. The maximum Gasteiger partial charge on any atom is 0.435 e. The summed E-state index contributed by atoms with van der Waals surface area (Å²) in [7, 11) is 1.40. The lowest BCUT2D eigenvalue weighted by Crippen LogP contribution is -2.27. The Hall–Kier alpha value is -4.50. The fourth-order valence-corrected chi connectivity index (χ4v) is 4.68. The first-order valence-electron chi connectivity index (χ1n) is 13.3. The average Bonchev–Trinajstić information content (AvgIpc) is 3.66. The molecule has 43 heavy (non-hydrogen) atoms. The van der Waals surface area contributed by atoms with Crippen molar-refractivity contribution in [1.82, 2.24) is 24.1 Å². The van der Waals surface area contributed by atoms with Gasteiger partial charge >= 0.3 is 18.1 Å². The normalized spacial score (nSPS) is 18.6. The number of hydrogen-bond acceptors (Lipinski definition) is 10. The van der Waals surface area contributed by atoms with Crippen molar-refractivity contribution in [2.24, 2.45) is 7.05 Å². The summed E-state index contributed by atoms with van der Waals surface area (Å²) in [6, 6.07) is 4.66. The third kappa shape index (κ3) is 6.46. The number of esters is 2. The van der Waals surface area contributed by atoms with Gasteiger partial charge in [0.1, 0.15) is 19.0 Å². The first kappa shape index (κ1) is 30.0. The molecule has 228 valence electrons. The molecule has 15 heteroatoms. The summed E-state index contributed by atoms with van der Waals surface area (Å²) >= 11 is 0. The number of fused-ring (bicyclic) bond motifs is 1. The summed E-state index contributed by atoms with van der Waals surface area (Å²) in [6.07, 6.45) is 0.424. The molecular formula is C28H28F3N5O7. The summed E-state index contributed by atoms with van der Waals surface area (Å²) in [4.78, 5) is 33.2. The van der Waals surface area contributed by atoms with Crippen molar-refractivity contribution in [3.63, 3.8) is 0 Å². The molecule has 0 saturated carbocycles. The van der Waals surface area contributed by atoms with Gasteiger partial charge in [-0.1, -0.05) is 6.92 Å². The number of imidazole rings is 1. The van der Waals surface area contributed by atoms with Gasteiger partial charge in [-0.2, -0.15) is 18.3 Å². The highest BCUT2D eigenvalue weighted by atomic mass is 19.4. The Balaban J connectivity index is 1.26. The molecule has 4 aromatic rings. The van der Waals surface area contributed by atoms with E-state index in [-0.39, 0.29) is 54.6 Å². The van der Waals surface area contributed by atoms with Gasteiger partial charge in [0.2, 0.25) is 5.65 Å². The monoisotopic (exact) mass is 603 g/mol. The quantitative estimate of drug-likeness (QED) is 0.222. The maximum absolute atomic E-state index is 13.6. The molecule has 0 radical (unpaired) electrons. The van der Waals surface area contributed by atoms with Crippen LogP contribution in [-0.2, 0) is 38.6 Å². The topological polar surface area (TPSA) is 139 Å². The van der Waals surface area contributed by atoms with Crippen LogP contribution in [-0.4, -0.2) is 72.7 Å². The van der Waals surface area contributed by atoms with Crippen LogP contribution in [0.2, 0.25) is 0 Å². The van der Waals surface area contributed by atoms with Crippen LogP contribution in [0.5, 0.6) is 11.6 Å². The van der Waals surface area contributed by atoms with E-state index in [1.165, 1.54) is 48.4 Å². The van der Waals surface area contributed by atoms with Crippen LogP contribution in [0.1, 0.15) is 41.9 Å². The second-order valence-corrected chi connectivity index (χ2v) is 10.2.